The monoisotopic (exact) mass is 520 g/mol. The Labute approximate surface area is 200 Å². The van der Waals surface area contributed by atoms with E-state index >= 15 is 0 Å². The Hall–Kier alpha value is -2.03. The van der Waals surface area contributed by atoms with Crippen LogP contribution in [0.5, 0.6) is 0 Å². The molecule has 0 aliphatic carbocycles. The van der Waals surface area contributed by atoms with Crippen LogP contribution in [0.3, 0.4) is 0 Å². The van der Waals surface area contributed by atoms with Crippen LogP contribution in [0.2, 0.25) is 0 Å². The van der Waals surface area contributed by atoms with Crippen LogP contribution >= 0.6 is 15.9 Å². The van der Waals surface area contributed by atoms with E-state index in [0.29, 0.717) is 6.54 Å². The number of H-pyrrole nitrogens is 1. The van der Waals surface area contributed by atoms with Crippen LogP contribution in [0.1, 0.15) is 29.5 Å². The molecule has 1 N–H and O–H groups in total. The van der Waals surface area contributed by atoms with Crippen LogP contribution < -0.4 is 4.90 Å². The van der Waals surface area contributed by atoms with Gasteiger partial charge in [-0.3, -0.25) is 9.80 Å². The van der Waals surface area contributed by atoms with E-state index in [1.54, 1.807) is 6.07 Å². The molecule has 8 heteroatoms. The lowest BCUT2D eigenvalue weighted by Crippen LogP contribution is -2.45. The maximum atomic E-state index is 13.3. The molecular formula is C25H28BrF3N4. The number of alkyl halides is 3. The van der Waals surface area contributed by atoms with Crippen molar-refractivity contribution in [1.82, 2.24) is 14.8 Å². The zero-order valence-electron chi connectivity index (χ0n) is 18.5. The van der Waals surface area contributed by atoms with E-state index in [1.807, 2.05) is 6.07 Å². The van der Waals surface area contributed by atoms with E-state index in [1.165, 1.54) is 23.1 Å². The van der Waals surface area contributed by atoms with Crippen LogP contribution in [0.4, 0.5) is 18.9 Å². The van der Waals surface area contributed by atoms with Crippen molar-refractivity contribution in [1.29, 1.82) is 0 Å². The highest BCUT2D eigenvalue weighted by Crippen LogP contribution is 2.35. The van der Waals surface area contributed by atoms with Crippen LogP contribution in [-0.4, -0.2) is 54.1 Å². The zero-order valence-corrected chi connectivity index (χ0v) is 20.1. The molecule has 4 nitrogen and oxygen atoms in total. The fourth-order valence-electron chi connectivity index (χ4n) is 5.00. The van der Waals surface area contributed by atoms with Gasteiger partial charge in [-0.1, -0.05) is 22.0 Å². The molecule has 3 aromatic rings. The van der Waals surface area contributed by atoms with Gasteiger partial charge in [0.15, 0.2) is 0 Å². The molecule has 2 aliphatic heterocycles. The second-order valence-electron chi connectivity index (χ2n) is 9.09. The molecule has 0 spiro atoms. The highest BCUT2D eigenvalue weighted by atomic mass is 79.9. The minimum atomic E-state index is -4.31. The minimum Gasteiger partial charge on any atom is -0.371 e. The Morgan fingerprint density at radius 3 is 2.15 bits per heavy atom. The first-order valence-electron chi connectivity index (χ1n) is 11.5. The second-order valence-corrected chi connectivity index (χ2v) is 10.0. The van der Waals surface area contributed by atoms with Crippen LogP contribution in [0.15, 0.2) is 47.1 Å². The normalized spacial score (nSPS) is 18.5. The Kier molecular flexibility index (Phi) is 6.42. The first kappa shape index (κ1) is 22.7. The first-order chi connectivity index (χ1) is 15.9. The number of piperazine rings is 1. The van der Waals surface area contributed by atoms with Crippen molar-refractivity contribution in [3.05, 3.63) is 63.8 Å². The average Bonchev–Trinajstić information content (AvgIpc) is 3.45. The number of benzene rings is 2. The summed E-state index contributed by atoms with van der Waals surface area (Å²) in [4.78, 5) is 10.3. The molecule has 0 radical (unpaired) electrons. The molecule has 1 aromatic heterocycles. The highest BCUT2D eigenvalue weighted by Gasteiger charge is 2.32. The van der Waals surface area contributed by atoms with Gasteiger partial charge in [-0.2, -0.15) is 13.2 Å². The topological polar surface area (TPSA) is 25.5 Å². The van der Waals surface area contributed by atoms with Gasteiger partial charge < -0.3 is 9.88 Å². The van der Waals surface area contributed by atoms with Gasteiger partial charge in [0.05, 0.1) is 5.56 Å². The molecule has 0 atom stereocenters. The molecular weight excluding hydrogens is 493 g/mol. The van der Waals surface area contributed by atoms with E-state index in [0.717, 1.165) is 79.9 Å². The minimum absolute atomic E-state index is 0.552. The van der Waals surface area contributed by atoms with Crippen LogP contribution in [0, 0.1) is 0 Å². The van der Waals surface area contributed by atoms with Crippen molar-refractivity contribution in [2.75, 3.05) is 44.2 Å². The summed E-state index contributed by atoms with van der Waals surface area (Å²) in [7, 11) is 0. The quantitative estimate of drug-likeness (QED) is 0.455. The van der Waals surface area contributed by atoms with Gasteiger partial charge in [0.2, 0.25) is 0 Å². The van der Waals surface area contributed by atoms with Crippen molar-refractivity contribution < 1.29 is 13.2 Å². The Morgan fingerprint density at radius 1 is 0.818 bits per heavy atom. The van der Waals surface area contributed by atoms with Gasteiger partial charge in [-0.15, -0.1) is 0 Å². The summed E-state index contributed by atoms with van der Waals surface area (Å²) in [6.07, 6.45) is -0.137. The number of fused-ring (bicyclic) bond motifs is 1. The Balaban J connectivity index is 1.25. The summed E-state index contributed by atoms with van der Waals surface area (Å²) >= 11 is 3.56. The molecule has 33 heavy (non-hydrogen) atoms. The standard InChI is InChI=1S/C25H28BrF3N4/c26-21-5-6-23-22(14-21)19(15-30-23)17-32-11-9-31(10-12-32)16-18-3-4-20(25(27,28)29)13-24(18)33-7-1-2-8-33/h3-6,13-15,30H,1-2,7-12,16-17H2. The number of hydrogen-bond donors (Lipinski definition) is 1. The van der Waals surface area contributed by atoms with E-state index in [2.05, 4.69) is 53.9 Å². The Bertz CT molecular complexity index is 1110. The molecule has 0 saturated carbocycles. The smallest absolute Gasteiger partial charge is 0.371 e. The highest BCUT2D eigenvalue weighted by molar-refractivity contribution is 9.10. The number of nitrogens with one attached hydrogen (secondary N) is 1. The van der Waals surface area contributed by atoms with Gasteiger partial charge in [0.1, 0.15) is 0 Å². The van der Waals surface area contributed by atoms with E-state index in [4.69, 9.17) is 0 Å². The maximum Gasteiger partial charge on any atom is 0.416 e. The van der Waals surface area contributed by atoms with Gasteiger partial charge in [-0.25, -0.2) is 0 Å². The molecule has 5 rings (SSSR count). The molecule has 2 aliphatic rings. The first-order valence-corrected chi connectivity index (χ1v) is 12.3. The third-order valence-electron chi connectivity index (χ3n) is 6.84. The van der Waals surface area contributed by atoms with Crippen LogP contribution in [0.25, 0.3) is 10.9 Å². The number of nitrogens with zero attached hydrogens (tertiary/aromatic N) is 3. The average molecular weight is 521 g/mol. The number of halogens is 4. The largest absolute Gasteiger partial charge is 0.416 e. The molecule has 2 fully saturated rings. The molecule has 0 bridgehead atoms. The summed E-state index contributed by atoms with van der Waals surface area (Å²) < 4.78 is 41.0. The molecule has 0 amide bonds. The predicted molar refractivity (Wildman–Crippen MR) is 129 cm³/mol. The summed E-state index contributed by atoms with van der Waals surface area (Å²) in [5.41, 5.74) is 3.64. The number of aromatic nitrogens is 1. The third kappa shape index (κ3) is 5.08. The summed E-state index contributed by atoms with van der Waals surface area (Å²) in [6.45, 7) is 6.97. The fraction of sp³-hybridized carbons (Fsp3) is 0.440. The van der Waals surface area contributed by atoms with Gasteiger partial charge in [0, 0.05) is 79.6 Å². The number of aromatic amines is 1. The van der Waals surface area contributed by atoms with Crippen molar-refractivity contribution >= 4 is 32.5 Å². The molecule has 176 valence electrons. The predicted octanol–water partition coefficient (Wildman–Crippen LogP) is 5.87. The molecule has 2 saturated heterocycles. The fourth-order valence-corrected chi connectivity index (χ4v) is 5.36. The lowest BCUT2D eigenvalue weighted by molar-refractivity contribution is -0.137. The molecule has 3 heterocycles. The lowest BCUT2D eigenvalue weighted by Gasteiger charge is -2.35. The Morgan fingerprint density at radius 2 is 1.48 bits per heavy atom. The maximum absolute atomic E-state index is 13.3. The van der Waals surface area contributed by atoms with Gasteiger partial charge in [-0.05, 0) is 54.3 Å². The molecule has 0 unspecified atom stereocenters. The SMILES string of the molecule is FC(F)(F)c1ccc(CN2CCN(Cc3c[nH]c4ccc(Br)cc34)CC2)c(N2CCCC2)c1. The number of anilines is 1. The summed E-state index contributed by atoms with van der Waals surface area (Å²) in [5, 5.41) is 1.24. The van der Waals surface area contributed by atoms with Crippen molar-refractivity contribution in [2.45, 2.75) is 32.1 Å². The lowest BCUT2D eigenvalue weighted by atomic mass is 10.1. The number of hydrogen-bond acceptors (Lipinski definition) is 3. The van der Waals surface area contributed by atoms with Gasteiger partial charge >= 0.3 is 6.18 Å². The van der Waals surface area contributed by atoms with Crippen molar-refractivity contribution in [2.24, 2.45) is 0 Å². The molecule has 2 aromatic carbocycles. The second kappa shape index (κ2) is 9.31. The number of rotatable bonds is 5. The van der Waals surface area contributed by atoms with Crippen LogP contribution in [-0.2, 0) is 19.3 Å². The zero-order chi connectivity index (χ0) is 23.0. The van der Waals surface area contributed by atoms with E-state index < -0.39 is 11.7 Å². The summed E-state index contributed by atoms with van der Waals surface area (Å²) in [5.74, 6) is 0. The van der Waals surface area contributed by atoms with E-state index in [9.17, 15) is 13.2 Å². The van der Waals surface area contributed by atoms with Crippen molar-refractivity contribution in [3.63, 3.8) is 0 Å². The third-order valence-corrected chi connectivity index (χ3v) is 7.33. The van der Waals surface area contributed by atoms with E-state index in [-0.39, 0.29) is 0 Å². The van der Waals surface area contributed by atoms with Crippen molar-refractivity contribution in [3.8, 4) is 0 Å². The van der Waals surface area contributed by atoms with Gasteiger partial charge in [0.25, 0.3) is 0 Å². The summed E-state index contributed by atoms with van der Waals surface area (Å²) in [6, 6.07) is 10.6.